The number of aryl methyl sites for hydroxylation is 1. The van der Waals surface area contributed by atoms with Gasteiger partial charge >= 0.3 is 0 Å². The van der Waals surface area contributed by atoms with Crippen molar-refractivity contribution >= 4 is 27.0 Å². The zero-order valence-electron chi connectivity index (χ0n) is 10.0. The van der Waals surface area contributed by atoms with Crippen molar-refractivity contribution in [2.45, 2.75) is 33.1 Å². The van der Waals surface area contributed by atoms with Crippen LogP contribution in [-0.2, 0) is 5.41 Å². The lowest BCUT2D eigenvalue weighted by Crippen LogP contribution is -2.11. The van der Waals surface area contributed by atoms with E-state index < -0.39 is 0 Å². The topological polar surface area (TPSA) is 25.8 Å². The number of halogens is 1. The molecule has 0 spiro atoms. The summed E-state index contributed by atoms with van der Waals surface area (Å²) in [5, 5.41) is 0. The molecule has 3 heteroatoms. The fourth-order valence-corrected chi connectivity index (χ4v) is 2.16. The molecule has 0 fully saturated rings. The van der Waals surface area contributed by atoms with Gasteiger partial charge in [-0.2, -0.15) is 0 Å². The van der Waals surface area contributed by atoms with E-state index in [1.165, 1.54) is 5.56 Å². The Morgan fingerprint density at radius 3 is 2.50 bits per heavy atom. The van der Waals surface area contributed by atoms with E-state index in [0.717, 1.165) is 21.2 Å². The molecule has 0 amide bonds. The largest absolute Gasteiger partial charge is 0.252 e. The molecule has 1 heterocycles. The molecule has 0 saturated carbocycles. The molecule has 1 aromatic heterocycles. The van der Waals surface area contributed by atoms with Gasteiger partial charge in [0.25, 0.3) is 0 Å². The number of hydrogen-bond donors (Lipinski definition) is 0. The summed E-state index contributed by atoms with van der Waals surface area (Å²) in [6.45, 7) is 8.56. The van der Waals surface area contributed by atoms with E-state index in [9.17, 15) is 0 Å². The molecule has 0 bridgehead atoms. The summed E-state index contributed by atoms with van der Waals surface area (Å²) in [6.07, 6.45) is 1.80. The van der Waals surface area contributed by atoms with Crippen LogP contribution in [0.25, 0.3) is 11.0 Å². The first kappa shape index (κ1) is 11.5. The second-order valence-electron chi connectivity index (χ2n) is 5.09. The summed E-state index contributed by atoms with van der Waals surface area (Å²) in [4.78, 5) is 8.91. The van der Waals surface area contributed by atoms with Crippen molar-refractivity contribution in [3.05, 3.63) is 34.1 Å². The van der Waals surface area contributed by atoms with E-state index in [2.05, 4.69) is 58.8 Å². The Morgan fingerprint density at radius 1 is 1.19 bits per heavy atom. The summed E-state index contributed by atoms with van der Waals surface area (Å²) in [5.41, 5.74) is 4.23. The van der Waals surface area contributed by atoms with Gasteiger partial charge in [0.2, 0.25) is 0 Å². The lowest BCUT2D eigenvalue weighted by atomic mass is 9.87. The van der Waals surface area contributed by atoms with Gasteiger partial charge in [-0.3, -0.25) is 4.98 Å². The van der Waals surface area contributed by atoms with Gasteiger partial charge in [0.05, 0.1) is 11.2 Å². The maximum atomic E-state index is 4.52. The Bertz CT molecular complexity index is 541. The Morgan fingerprint density at radius 2 is 1.88 bits per heavy atom. The SMILES string of the molecule is Cc1cnc2c(Br)cc(C(C)(C)C)cc2n1. The molecular weight excluding hydrogens is 264 g/mol. The minimum atomic E-state index is 0.127. The van der Waals surface area contributed by atoms with Crippen LogP contribution >= 0.6 is 15.9 Å². The van der Waals surface area contributed by atoms with Crippen molar-refractivity contribution in [2.75, 3.05) is 0 Å². The minimum absolute atomic E-state index is 0.127. The maximum Gasteiger partial charge on any atom is 0.103 e. The van der Waals surface area contributed by atoms with Gasteiger partial charge in [-0.1, -0.05) is 20.8 Å². The van der Waals surface area contributed by atoms with Crippen LogP contribution in [0.3, 0.4) is 0 Å². The molecule has 0 saturated heterocycles. The predicted molar refractivity (Wildman–Crippen MR) is 70.7 cm³/mol. The molecule has 2 rings (SSSR count). The highest BCUT2D eigenvalue weighted by Gasteiger charge is 2.16. The van der Waals surface area contributed by atoms with Crippen LogP contribution in [0.2, 0.25) is 0 Å². The third-order valence-electron chi connectivity index (χ3n) is 2.59. The number of nitrogens with zero attached hydrogens (tertiary/aromatic N) is 2. The molecule has 2 nitrogen and oxygen atoms in total. The highest BCUT2D eigenvalue weighted by atomic mass is 79.9. The quantitative estimate of drug-likeness (QED) is 0.728. The maximum absolute atomic E-state index is 4.52. The van der Waals surface area contributed by atoms with Crippen LogP contribution in [0, 0.1) is 6.92 Å². The predicted octanol–water partition coefficient (Wildman–Crippen LogP) is 4.00. The Labute approximate surface area is 104 Å². The number of hydrogen-bond acceptors (Lipinski definition) is 2. The summed E-state index contributed by atoms with van der Waals surface area (Å²) >= 11 is 3.56. The van der Waals surface area contributed by atoms with Crippen LogP contribution in [0.4, 0.5) is 0 Å². The van der Waals surface area contributed by atoms with E-state index in [4.69, 9.17) is 0 Å². The normalized spacial score (nSPS) is 12.1. The fourth-order valence-electron chi connectivity index (χ4n) is 1.61. The molecule has 0 unspecified atom stereocenters. The second-order valence-corrected chi connectivity index (χ2v) is 5.94. The number of benzene rings is 1. The third-order valence-corrected chi connectivity index (χ3v) is 3.19. The fraction of sp³-hybridized carbons (Fsp3) is 0.385. The molecule has 0 aliphatic rings. The van der Waals surface area contributed by atoms with Crippen LogP contribution in [-0.4, -0.2) is 9.97 Å². The van der Waals surface area contributed by atoms with Crippen molar-refractivity contribution < 1.29 is 0 Å². The second kappa shape index (κ2) is 3.81. The zero-order valence-corrected chi connectivity index (χ0v) is 11.6. The Kier molecular flexibility index (Phi) is 2.74. The zero-order chi connectivity index (χ0) is 11.9. The van der Waals surface area contributed by atoms with Gasteiger partial charge in [0.15, 0.2) is 0 Å². The molecule has 0 N–H and O–H groups in total. The van der Waals surface area contributed by atoms with Crippen molar-refractivity contribution in [1.29, 1.82) is 0 Å². The van der Waals surface area contributed by atoms with Crippen molar-refractivity contribution in [3.8, 4) is 0 Å². The lowest BCUT2D eigenvalue weighted by molar-refractivity contribution is 0.590. The van der Waals surface area contributed by atoms with Crippen LogP contribution in [0.15, 0.2) is 22.8 Å². The van der Waals surface area contributed by atoms with E-state index in [0.29, 0.717) is 0 Å². The molecule has 2 aromatic rings. The molecule has 16 heavy (non-hydrogen) atoms. The van der Waals surface area contributed by atoms with E-state index >= 15 is 0 Å². The first-order valence-corrected chi connectivity index (χ1v) is 6.10. The minimum Gasteiger partial charge on any atom is -0.252 e. The van der Waals surface area contributed by atoms with Crippen molar-refractivity contribution in [3.63, 3.8) is 0 Å². The Balaban J connectivity index is 2.75. The van der Waals surface area contributed by atoms with Gasteiger partial charge in [0, 0.05) is 10.7 Å². The van der Waals surface area contributed by atoms with Crippen LogP contribution in [0.1, 0.15) is 32.0 Å². The van der Waals surface area contributed by atoms with Gasteiger partial charge in [-0.25, -0.2) is 4.98 Å². The first-order valence-electron chi connectivity index (χ1n) is 5.31. The molecular formula is C13H15BrN2. The summed E-state index contributed by atoms with van der Waals surface area (Å²) in [6, 6.07) is 4.26. The average Bonchev–Trinajstić information content (AvgIpc) is 2.15. The molecule has 1 aromatic carbocycles. The standard InChI is InChI=1S/C13H15BrN2/c1-8-7-15-12-10(14)5-9(13(2,3)4)6-11(12)16-8/h5-7H,1-4H3. The van der Waals surface area contributed by atoms with Crippen molar-refractivity contribution in [2.24, 2.45) is 0 Å². The van der Waals surface area contributed by atoms with Gasteiger partial charge in [-0.05, 0) is 46.0 Å². The summed E-state index contributed by atoms with van der Waals surface area (Å²) in [7, 11) is 0. The van der Waals surface area contributed by atoms with E-state index in [-0.39, 0.29) is 5.41 Å². The third kappa shape index (κ3) is 2.09. The lowest BCUT2D eigenvalue weighted by Gasteiger charge is -2.19. The first-order chi connectivity index (χ1) is 7.38. The molecule has 0 radical (unpaired) electrons. The van der Waals surface area contributed by atoms with Crippen LogP contribution in [0.5, 0.6) is 0 Å². The highest BCUT2D eigenvalue weighted by molar-refractivity contribution is 9.10. The van der Waals surface area contributed by atoms with Gasteiger partial charge in [0.1, 0.15) is 5.52 Å². The molecule has 0 atom stereocenters. The molecule has 0 aliphatic heterocycles. The summed E-state index contributed by atoms with van der Waals surface area (Å²) in [5.74, 6) is 0. The smallest absolute Gasteiger partial charge is 0.103 e. The van der Waals surface area contributed by atoms with Crippen molar-refractivity contribution in [1.82, 2.24) is 9.97 Å². The average molecular weight is 279 g/mol. The highest BCUT2D eigenvalue weighted by Crippen LogP contribution is 2.29. The number of rotatable bonds is 0. The monoisotopic (exact) mass is 278 g/mol. The number of aromatic nitrogens is 2. The Hall–Kier alpha value is -0.960. The van der Waals surface area contributed by atoms with Gasteiger partial charge in [-0.15, -0.1) is 0 Å². The number of fused-ring (bicyclic) bond motifs is 1. The van der Waals surface area contributed by atoms with E-state index in [1.807, 2.05) is 6.92 Å². The van der Waals surface area contributed by atoms with E-state index in [1.54, 1.807) is 6.20 Å². The summed E-state index contributed by atoms with van der Waals surface area (Å²) < 4.78 is 1.02. The van der Waals surface area contributed by atoms with Crippen LogP contribution < -0.4 is 0 Å². The molecule has 84 valence electrons. The van der Waals surface area contributed by atoms with Gasteiger partial charge < -0.3 is 0 Å². The molecule has 0 aliphatic carbocycles.